The summed E-state index contributed by atoms with van der Waals surface area (Å²) >= 11 is 0. The van der Waals surface area contributed by atoms with Crippen LogP contribution in [0.3, 0.4) is 0 Å². The van der Waals surface area contributed by atoms with E-state index in [2.05, 4.69) is 27.5 Å². The molecule has 0 aliphatic heterocycles. The lowest BCUT2D eigenvalue weighted by Crippen LogP contribution is -2.16. The van der Waals surface area contributed by atoms with Gasteiger partial charge in [-0.25, -0.2) is 9.97 Å². The molecule has 0 saturated heterocycles. The number of nitrogens with zero attached hydrogens (tertiary/aromatic N) is 2. The van der Waals surface area contributed by atoms with E-state index in [1.165, 1.54) is 0 Å². The minimum Gasteiger partial charge on any atom is -0.396 e. The fourth-order valence-electron chi connectivity index (χ4n) is 1.61. The highest BCUT2D eigenvalue weighted by Crippen LogP contribution is 2.12. The molecule has 0 bridgehead atoms. The van der Waals surface area contributed by atoms with E-state index in [9.17, 15) is 0 Å². The maximum absolute atomic E-state index is 8.92. The molecule has 17 heavy (non-hydrogen) atoms. The highest BCUT2D eigenvalue weighted by molar-refractivity contribution is 5.46. The highest BCUT2D eigenvalue weighted by Gasteiger charge is 2.06. The molecule has 0 radical (unpaired) electrons. The van der Waals surface area contributed by atoms with Gasteiger partial charge in [0.1, 0.15) is 18.0 Å². The molecule has 5 heteroatoms. The second-order valence-electron chi connectivity index (χ2n) is 3.99. The molecule has 0 amide bonds. The van der Waals surface area contributed by atoms with Crippen LogP contribution in [-0.4, -0.2) is 34.8 Å². The van der Waals surface area contributed by atoms with Crippen molar-refractivity contribution in [3.05, 3.63) is 12.4 Å². The number of aliphatic hydroxyl groups is 1. The van der Waals surface area contributed by atoms with Gasteiger partial charge < -0.3 is 15.7 Å². The van der Waals surface area contributed by atoms with Crippen molar-refractivity contribution in [2.75, 3.05) is 30.3 Å². The largest absolute Gasteiger partial charge is 0.396 e. The molecule has 0 fully saturated rings. The van der Waals surface area contributed by atoms with Gasteiger partial charge in [-0.05, 0) is 19.3 Å². The van der Waals surface area contributed by atoms with Gasteiger partial charge in [-0.1, -0.05) is 13.3 Å². The molecule has 3 N–H and O–H groups in total. The molecule has 0 aliphatic rings. The van der Waals surface area contributed by atoms with Gasteiger partial charge in [0, 0.05) is 25.8 Å². The molecular weight excluding hydrogens is 216 g/mol. The summed E-state index contributed by atoms with van der Waals surface area (Å²) in [5, 5.41) is 15.3. The predicted octanol–water partition coefficient (Wildman–Crippen LogP) is 1.73. The molecule has 1 heterocycles. The zero-order valence-corrected chi connectivity index (χ0v) is 10.6. The van der Waals surface area contributed by atoms with Crippen molar-refractivity contribution >= 4 is 11.6 Å². The summed E-state index contributed by atoms with van der Waals surface area (Å²) in [6, 6.07) is 1.90. The first-order valence-electron chi connectivity index (χ1n) is 6.20. The Bertz CT molecular complexity index is 319. The van der Waals surface area contributed by atoms with Crippen molar-refractivity contribution < 1.29 is 5.11 Å². The summed E-state index contributed by atoms with van der Waals surface area (Å²) in [4.78, 5) is 8.27. The number of aliphatic hydroxyl groups excluding tert-OH is 1. The van der Waals surface area contributed by atoms with Crippen LogP contribution >= 0.6 is 0 Å². The Morgan fingerprint density at radius 3 is 2.53 bits per heavy atom. The summed E-state index contributed by atoms with van der Waals surface area (Å²) in [5.74, 6) is 2.14. The Balaban J connectivity index is 2.47. The van der Waals surface area contributed by atoms with E-state index in [-0.39, 0.29) is 6.61 Å². The molecule has 1 atom stereocenters. The molecule has 1 aromatic heterocycles. The second kappa shape index (κ2) is 7.84. The quantitative estimate of drug-likeness (QED) is 0.643. The average molecular weight is 238 g/mol. The van der Waals surface area contributed by atoms with Gasteiger partial charge >= 0.3 is 0 Å². The number of aromatic nitrogens is 2. The summed E-state index contributed by atoms with van der Waals surface area (Å²) in [6.45, 7) is 6.08. The molecular formula is C12H22N4O. The van der Waals surface area contributed by atoms with Gasteiger partial charge in [-0.15, -0.1) is 0 Å². The van der Waals surface area contributed by atoms with E-state index >= 15 is 0 Å². The van der Waals surface area contributed by atoms with Crippen LogP contribution in [0.1, 0.15) is 26.7 Å². The maximum Gasteiger partial charge on any atom is 0.131 e. The standard InChI is InChI=1S/C12H22N4O/c1-3-10(5-6-17)8-14-12-7-11(13-4-2)15-9-16-12/h7,9-10,17H,3-6,8H2,1-2H3,(H2,13,14,15,16). The van der Waals surface area contributed by atoms with Crippen LogP contribution < -0.4 is 10.6 Å². The van der Waals surface area contributed by atoms with Gasteiger partial charge in [0.2, 0.25) is 0 Å². The third kappa shape index (κ3) is 4.99. The summed E-state index contributed by atoms with van der Waals surface area (Å²) in [5.41, 5.74) is 0. The fourth-order valence-corrected chi connectivity index (χ4v) is 1.61. The summed E-state index contributed by atoms with van der Waals surface area (Å²) in [7, 11) is 0. The van der Waals surface area contributed by atoms with E-state index in [1.807, 2.05) is 13.0 Å². The van der Waals surface area contributed by atoms with Crippen LogP contribution in [0.2, 0.25) is 0 Å². The number of hydrogen-bond acceptors (Lipinski definition) is 5. The molecule has 1 unspecified atom stereocenters. The van der Waals surface area contributed by atoms with Crippen molar-refractivity contribution in [1.29, 1.82) is 0 Å². The van der Waals surface area contributed by atoms with Gasteiger partial charge in [0.15, 0.2) is 0 Å². The first-order chi connectivity index (χ1) is 8.30. The summed E-state index contributed by atoms with van der Waals surface area (Å²) < 4.78 is 0. The fraction of sp³-hybridized carbons (Fsp3) is 0.667. The molecule has 0 aromatic carbocycles. The number of rotatable bonds is 8. The SMILES string of the molecule is CCNc1cc(NCC(CC)CCO)ncn1. The molecule has 1 aromatic rings. The Morgan fingerprint density at radius 2 is 1.94 bits per heavy atom. The lowest BCUT2D eigenvalue weighted by Gasteiger charge is -2.14. The van der Waals surface area contributed by atoms with E-state index in [0.29, 0.717) is 5.92 Å². The van der Waals surface area contributed by atoms with E-state index in [0.717, 1.165) is 37.6 Å². The molecule has 96 valence electrons. The van der Waals surface area contributed by atoms with Crippen molar-refractivity contribution in [1.82, 2.24) is 9.97 Å². The smallest absolute Gasteiger partial charge is 0.131 e. The number of nitrogens with one attached hydrogen (secondary N) is 2. The third-order valence-corrected chi connectivity index (χ3v) is 2.71. The van der Waals surface area contributed by atoms with Crippen molar-refractivity contribution in [2.24, 2.45) is 5.92 Å². The molecule has 1 rings (SSSR count). The maximum atomic E-state index is 8.92. The monoisotopic (exact) mass is 238 g/mol. The van der Waals surface area contributed by atoms with Crippen LogP contribution in [0.4, 0.5) is 11.6 Å². The first kappa shape index (κ1) is 13.7. The Hall–Kier alpha value is -1.36. The lowest BCUT2D eigenvalue weighted by molar-refractivity contribution is 0.258. The van der Waals surface area contributed by atoms with Crippen molar-refractivity contribution in [3.8, 4) is 0 Å². The Labute approximate surface area is 103 Å². The highest BCUT2D eigenvalue weighted by atomic mass is 16.3. The lowest BCUT2D eigenvalue weighted by atomic mass is 10.0. The van der Waals surface area contributed by atoms with Crippen molar-refractivity contribution in [3.63, 3.8) is 0 Å². The van der Waals surface area contributed by atoms with Crippen LogP contribution in [0.25, 0.3) is 0 Å². The van der Waals surface area contributed by atoms with Gasteiger partial charge in [0.05, 0.1) is 0 Å². The summed E-state index contributed by atoms with van der Waals surface area (Å²) in [6.07, 6.45) is 3.43. The average Bonchev–Trinajstić information content (AvgIpc) is 2.35. The van der Waals surface area contributed by atoms with Crippen molar-refractivity contribution in [2.45, 2.75) is 26.7 Å². The minimum absolute atomic E-state index is 0.243. The Morgan fingerprint density at radius 1 is 1.24 bits per heavy atom. The van der Waals surface area contributed by atoms with Gasteiger partial charge in [0.25, 0.3) is 0 Å². The molecule has 5 nitrogen and oxygen atoms in total. The van der Waals surface area contributed by atoms with E-state index < -0.39 is 0 Å². The minimum atomic E-state index is 0.243. The van der Waals surface area contributed by atoms with Crippen LogP contribution in [0.15, 0.2) is 12.4 Å². The zero-order valence-electron chi connectivity index (χ0n) is 10.6. The topological polar surface area (TPSA) is 70.1 Å². The van der Waals surface area contributed by atoms with Gasteiger partial charge in [-0.3, -0.25) is 0 Å². The molecule has 0 aliphatic carbocycles. The second-order valence-corrected chi connectivity index (χ2v) is 3.99. The molecule has 0 spiro atoms. The predicted molar refractivity (Wildman–Crippen MR) is 70.2 cm³/mol. The van der Waals surface area contributed by atoms with Crippen LogP contribution in [0, 0.1) is 5.92 Å². The first-order valence-corrected chi connectivity index (χ1v) is 6.20. The number of hydrogen-bond donors (Lipinski definition) is 3. The third-order valence-electron chi connectivity index (χ3n) is 2.71. The Kier molecular flexibility index (Phi) is 6.32. The normalized spacial score (nSPS) is 12.2. The zero-order chi connectivity index (χ0) is 12.5. The number of anilines is 2. The van der Waals surface area contributed by atoms with E-state index in [1.54, 1.807) is 6.33 Å². The van der Waals surface area contributed by atoms with Gasteiger partial charge in [-0.2, -0.15) is 0 Å². The van der Waals surface area contributed by atoms with Crippen LogP contribution in [-0.2, 0) is 0 Å². The molecule has 0 saturated carbocycles. The van der Waals surface area contributed by atoms with Crippen LogP contribution in [0.5, 0.6) is 0 Å². The van der Waals surface area contributed by atoms with E-state index in [4.69, 9.17) is 5.11 Å².